The number of nitrogen functional groups attached to an aromatic ring is 1. The maximum absolute atomic E-state index is 14.1. The minimum atomic E-state index is -0.797. The number of rotatable bonds is 6. The van der Waals surface area contributed by atoms with Crippen LogP contribution in [0.5, 0.6) is 5.75 Å². The van der Waals surface area contributed by atoms with Crippen molar-refractivity contribution < 1.29 is 14.3 Å². The van der Waals surface area contributed by atoms with E-state index < -0.39 is 17.5 Å². The van der Waals surface area contributed by atoms with Gasteiger partial charge in [0.15, 0.2) is 11.6 Å². The van der Waals surface area contributed by atoms with E-state index in [2.05, 4.69) is 10.4 Å². The van der Waals surface area contributed by atoms with Gasteiger partial charge in [-0.25, -0.2) is 15.2 Å². The molecule has 0 saturated carbocycles. The van der Waals surface area contributed by atoms with Crippen LogP contribution in [0.25, 0.3) is 21.8 Å². The van der Waals surface area contributed by atoms with Crippen LogP contribution in [0, 0.1) is 12.7 Å². The van der Waals surface area contributed by atoms with E-state index in [0.29, 0.717) is 27.4 Å². The van der Waals surface area contributed by atoms with Crippen molar-refractivity contribution >= 4 is 17.2 Å². The molecule has 4 rings (SSSR count). The van der Waals surface area contributed by atoms with Crippen LogP contribution in [0.4, 0.5) is 4.39 Å². The molecule has 0 aliphatic rings. The highest BCUT2D eigenvalue weighted by atomic mass is 32.1. The summed E-state index contributed by atoms with van der Waals surface area (Å²) in [4.78, 5) is 31.1. The Labute approximate surface area is 192 Å². The van der Waals surface area contributed by atoms with E-state index in [0.717, 1.165) is 23.0 Å². The normalized spacial score (nSPS) is 10.9. The SMILES string of the molecule is Cc1nc(-c2cccc(F)c2O)n(CCc2ccccc2)c(=O)c1-c1ccc(C(=O)NN)s1. The molecule has 33 heavy (non-hydrogen) atoms. The number of aromatic hydroxyl groups is 1. The number of hydrogen-bond acceptors (Lipinski definition) is 6. The number of hydrazine groups is 1. The Morgan fingerprint density at radius 2 is 1.91 bits per heavy atom. The Morgan fingerprint density at radius 3 is 2.64 bits per heavy atom. The molecule has 0 bridgehead atoms. The molecule has 2 aromatic heterocycles. The zero-order valence-electron chi connectivity index (χ0n) is 17.7. The Kier molecular flexibility index (Phi) is 6.34. The van der Waals surface area contributed by atoms with Crippen molar-refractivity contribution in [1.82, 2.24) is 15.0 Å². The number of halogens is 1. The van der Waals surface area contributed by atoms with Gasteiger partial charge >= 0.3 is 0 Å². The average molecular weight is 465 g/mol. The molecule has 0 radical (unpaired) electrons. The highest BCUT2D eigenvalue weighted by Crippen LogP contribution is 2.33. The van der Waals surface area contributed by atoms with Crippen LogP contribution < -0.4 is 16.8 Å². The number of nitrogens with one attached hydrogen (secondary N) is 1. The van der Waals surface area contributed by atoms with Crippen LogP contribution in [-0.2, 0) is 13.0 Å². The Morgan fingerprint density at radius 1 is 1.15 bits per heavy atom. The largest absolute Gasteiger partial charge is 0.504 e. The third-order valence-corrected chi connectivity index (χ3v) is 6.35. The van der Waals surface area contributed by atoms with Crippen LogP contribution in [0.2, 0.25) is 0 Å². The number of nitrogens with two attached hydrogens (primary N) is 1. The van der Waals surface area contributed by atoms with Crippen molar-refractivity contribution in [2.75, 3.05) is 0 Å². The molecule has 0 fully saturated rings. The lowest BCUT2D eigenvalue weighted by Crippen LogP contribution is -2.29. The van der Waals surface area contributed by atoms with Gasteiger partial charge in [-0.3, -0.25) is 19.6 Å². The molecule has 1 amide bonds. The molecule has 0 aliphatic carbocycles. The number of phenolic OH excluding ortho intramolecular Hbond substituents is 1. The number of amides is 1. The van der Waals surface area contributed by atoms with Crippen LogP contribution in [0.15, 0.2) is 65.5 Å². The third-order valence-electron chi connectivity index (χ3n) is 5.25. The summed E-state index contributed by atoms with van der Waals surface area (Å²) in [6.45, 7) is 1.93. The quantitative estimate of drug-likeness (QED) is 0.229. The number of hydrogen-bond donors (Lipinski definition) is 3. The van der Waals surface area contributed by atoms with E-state index in [1.165, 1.54) is 16.7 Å². The predicted molar refractivity (Wildman–Crippen MR) is 125 cm³/mol. The van der Waals surface area contributed by atoms with E-state index in [1.807, 2.05) is 30.3 Å². The first kappa shape index (κ1) is 22.4. The van der Waals surface area contributed by atoms with Gasteiger partial charge in [0, 0.05) is 11.4 Å². The second kappa shape index (κ2) is 9.35. The van der Waals surface area contributed by atoms with E-state index in [-0.39, 0.29) is 23.5 Å². The molecular formula is C24H21FN4O3S. The van der Waals surface area contributed by atoms with Crippen molar-refractivity contribution in [3.05, 3.63) is 93.0 Å². The van der Waals surface area contributed by atoms with E-state index in [9.17, 15) is 19.1 Å². The number of aromatic nitrogens is 2. The molecule has 0 spiro atoms. The molecule has 4 N–H and O–H groups in total. The van der Waals surface area contributed by atoms with Gasteiger partial charge in [-0.2, -0.15) is 0 Å². The summed E-state index contributed by atoms with van der Waals surface area (Å²) in [6, 6.07) is 17.0. The number of phenols is 1. The monoisotopic (exact) mass is 464 g/mol. The molecule has 4 aromatic rings. The second-order valence-corrected chi connectivity index (χ2v) is 8.45. The topological polar surface area (TPSA) is 110 Å². The third kappa shape index (κ3) is 4.41. The highest BCUT2D eigenvalue weighted by Gasteiger charge is 2.21. The first-order valence-electron chi connectivity index (χ1n) is 10.1. The van der Waals surface area contributed by atoms with Crippen LogP contribution in [-0.4, -0.2) is 20.6 Å². The van der Waals surface area contributed by atoms with Gasteiger partial charge in [0.25, 0.3) is 11.5 Å². The van der Waals surface area contributed by atoms with Crippen molar-refractivity contribution in [3.8, 4) is 27.6 Å². The zero-order chi connectivity index (χ0) is 23.5. The van der Waals surface area contributed by atoms with Gasteiger partial charge in [0.05, 0.1) is 21.7 Å². The first-order valence-corrected chi connectivity index (χ1v) is 11.0. The van der Waals surface area contributed by atoms with E-state index in [1.54, 1.807) is 19.1 Å². The van der Waals surface area contributed by atoms with Crippen molar-refractivity contribution in [1.29, 1.82) is 0 Å². The maximum Gasteiger partial charge on any atom is 0.275 e. The fourth-order valence-electron chi connectivity index (χ4n) is 3.60. The summed E-state index contributed by atoms with van der Waals surface area (Å²) in [5, 5.41) is 10.3. The fraction of sp³-hybridized carbons (Fsp3) is 0.125. The zero-order valence-corrected chi connectivity index (χ0v) is 18.5. The number of carbonyl (C=O) groups is 1. The summed E-state index contributed by atoms with van der Waals surface area (Å²) in [5.74, 6) is 3.57. The van der Waals surface area contributed by atoms with Crippen LogP contribution in [0.3, 0.4) is 0 Å². The van der Waals surface area contributed by atoms with Crippen LogP contribution >= 0.6 is 11.3 Å². The number of benzene rings is 2. The average Bonchev–Trinajstić information content (AvgIpc) is 3.30. The molecule has 2 aromatic carbocycles. The van der Waals surface area contributed by atoms with Gasteiger partial charge in [0.1, 0.15) is 5.82 Å². The number of thiophene rings is 1. The van der Waals surface area contributed by atoms with Gasteiger partial charge in [-0.05, 0) is 43.2 Å². The summed E-state index contributed by atoms with van der Waals surface area (Å²) in [5.41, 5.74) is 3.61. The molecule has 9 heteroatoms. The molecular weight excluding hydrogens is 443 g/mol. The standard InChI is InChI=1S/C24H21FN4O3S/c1-14-20(18-10-11-19(33-18)23(31)28-26)24(32)29(13-12-15-6-3-2-4-7-15)22(27-14)16-8-5-9-17(25)21(16)30/h2-11,30H,12-13,26H2,1H3,(H,28,31). The molecule has 0 aliphatic heterocycles. The Hall–Kier alpha value is -3.82. The lowest BCUT2D eigenvalue weighted by Gasteiger charge is -2.16. The minimum absolute atomic E-state index is 0.129. The first-order chi connectivity index (χ1) is 15.9. The van der Waals surface area contributed by atoms with Crippen LogP contribution in [0.1, 0.15) is 20.9 Å². The van der Waals surface area contributed by atoms with Gasteiger partial charge in [0.2, 0.25) is 0 Å². The molecule has 0 atom stereocenters. The lowest BCUT2D eigenvalue weighted by molar-refractivity contribution is 0.0957. The fourth-order valence-corrected chi connectivity index (χ4v) is 4.60. The number of carbonyl (C=O) groups excluding carboxylic acids is 1. The number of nitrogens with zero attached hydrogens (tertiary/aromatic N) is 2. The minimum Gasteiger partial charge on any atom is -0.504 e. The molecule has 168 valence electrons. The summed E-state index contributed by atoms with van der Waals surface area (Å²) in [6.07, 6.45) is 0.527. The Balaban J connectivity index is 1.88. The molecule has 7 nitrogen and oxygen atoms in total. The maximum atomic E-state index is 14.1. The summed E-state index contributed by atoms with van der Waals surface area (Å²) in [7, 11) is 0. The number of aryl methyl sites for hydroxylation is 2. The van der Waals surface area contributed by atoms with E-state index in [4.69, 9.17) is 5.84 Å². The lowest BCUT2D eigenvalue weighted by atomic mass is 10.1. The molecule has 0 unspecified atom stereocenters. The van der Waals surface area contributed by atoms with E-state index >= 15 is 0 Å². The van der Waals surface area contributed by atoms with Gasteiger partial charge in [-0.15, -0.1) is 11.3 Å². The Bertz CT molecular complexity index is 1380. The highest BCUT2D eigenvalue weighted by molar-refractivity contribution is 7.17. The van der Waals surface area contributed by atoms with Gasteiger partial charge < -0.3 is 5.11 Å². The molecule has 0 saturated heterocycles. The smallest absolute Gasteiger partial charge is 0.275 e. The van der Waals surface area contributed by atoms with Crippen molar-refractivity contribution in [2.24, 2.45) is 5.84 Å². The van der Waals surface area contributed by atoms with Crippen molar-refractivity contribution in [3.63, 3.8) is 0 Å². The van der Waals surface area contributed by atoms with Gasteiger partial charge in [-0.1, -0.05) is 36.4 Å². The second-order valence-electron chi connectivity index (χ2n) is 7.36. The summed E-state index contributed by atoms with van der Waals surface area (Å²) >= 11 is 1.12. The number of para-hydroxylation sites is 1. The molecule has 2 heterocycles. The summed E-state index contributed by atoms with van der Waals surface area (Å²) < 4.78 is 15.5. The predicted octanol–water partition coefficient (Wildman–Crippen LogP) is 3.64. The van der Waals surface area contributed by atoms with Crippen molar-refractivity contribution in [2.45, 2.75) is 19.9 Å².